The van der Waals surface area contributed by atoms with Gasteiger partial charge in [-0.25, -0.2) is 8.42 Å². The van der Waals surface area contributed by atoms with Gasteiger partial charge in [0.1, 0.15) is 0 Å². The Bertz CT molecular complexity index is 1040. The van der Waals surface area contributed by atoms with Crippen LogP contribution in [0.1, 0.15) is 0 Å². The molecule has 0 saturated heterocycles. The topological polar surface area (TPSA) is 75.3 Å². The van der Waals surface area contributed by atoms with Crippen molar-refractivity contribution in [3.63, 3.8) is 0 Å². The molecule has 0 atom stereocenters. The molecule has 1 amide bonds. The molecule has 0 bridgehead atoms. The van der Waals surface area contributed by atoms with Gasteiger partial charge in [-0.2, -0.15) is 0 Å². The molecule has 0 aliphatic carbocycles. The average molecular weight is 433 g/mol. The summed E-state index contributed by atoms with van der Waals surface area (Å²) in [6, 6.07) is 21.9. The Hall–Kier alpha value is -2.48. The fourth-order valence-electron chi connectivity index (χ4n) is 2.31. The number of anilines is 2. The maximum absolute atomic E-state index is 12.3. The van der Waals surface area contributed by atoms with Crippen LogP contribution >= 0.6 is 23.4 Å². The van der Waals surface area contributed by atoms with Crippen molar-refractivity contribution in [1.82, 2.24) is 0 Å². The quantitative estimate of drug-likeness (QED) is 0.522. The molecule has 144 valence electrons. The van der Waals surface area contributed by atoms with Gasteiger partial charge in [0.05, 0.1) is 10.6 Å². The Morgan fingerprint density at radius 3 is 2.11 bits per heavy atom. The van der Waals surface area contributed by atoms with Gasteiger partial charge in [0.2, 0.25) is 5.91 Å². The number of rotatable bonds is 7. The summed E-state index contributed by atoms with van der Waals surface area (Å²) in [5.41, 5.74) is 1.14. The van der Waals surface area contributed by atoms with Gasteiger partial charge in [-0.15, -0.1) is 11.8 Å². The standard InChI is InChI=1S/C20H17ClN2O3S2/c21-15-6-8-16(9-7-15)22-20(24)14-27-18-12-10-17(11-13-18)23-28(25,26)19-4-2-1-3-5-19/h1-13,23H,14H2,(H,22,24). The maximum Gasteiger partial charge on any atom is 0.261 e. The van der Waals surface area contributed by atoms with E-state index in [1.807, 2.05) is 0 Å². The number of hydrogen-bond donors (Lipinski definition) is 2. The van der Waals surface area contributed by atoms with Crippen LogP contribution in [0.25, 0.3) is 0 Å². The Morgan fingerprint density at radius 1 is 0.857 bits per heavy atom. The minimum Gasteiger partial charge on any atom is -0.325 e. The van der Waals surface area contributed by atoms with Crippen LogP contribution in [0.4, 0.5) is 11.4 Å². The summed E-state index contributed by atoms with van der Waals surface area (Å²) in [5, 5.41) is 3.40. The number of nitrogens with one attached hydrogen (secondary N) is 2. The summed E-state index contributed by atoms with van der Waals surface area (Å²) in [6.45, 7) is 0. The third-order valence-corrected chi connectivity index (χ3v) is 6.32. The molecule has 3 rings (SSSR count). The minimum atomic E-state index is -3.62. The first-order valence-electron chi connectivity index (χ1n) is 8.28. The molecule has 0 radical (unpaired) electrons. The average Bonchev–Trinajstić information content (AvgIpc) is 2.70. The van der Waals surface area contributed by atoms with E-state index in [0.29, 0.717) is 16.4 Å². The normalized spacial score (nSPS) is 11.0. The lowest BCUT2D eigenvalue weighted by Gasteiger charge is -2.09. The highest BCUT2D eigenvalue weighted by Gasteiger charge is 2.13. The van der Waals surface area contributed by atoms with Gasteiger partial charge >= 0.3 is 0 Å². The van der Waals surface area contributed by atoms with Crippen LogP contribution in [-0.2, 0) is 14.8 Å². The molecule has 3 aromatic rings. The summed E-state index contributed by atoms with van der Waals surface area (Å²) in [4.78, 5) is 13.1. The van der Waals surface area contributed by atoms with Gasteiger partial charge in [0.25, 0.3) is 10.0 Å². The van der Waals surface area contributed by atoms with Gasteiger partial charge in [-0.05, 0) is 60.7 Å². The van der Waals surface area contributed by atoms with Crippen LogP contribution in [0.3, 0.4) is 0 Å². The Labute approximate surface area is 173 Å². The van der Waals surface area contributed by atoms with Crippen LogP contribution in [0, 0.1) is 0 Å². The van der Waals surface area contributed by atoms with E-state index in [1.165, 1.54) is 23.9 Å². The van der Waals surface area contributed by atoms with Gasteiger partial charge in [-0.1, -0.05) is 29.8 Å². The summed E-state index contributed by atoms with van der Waals surface area (Å²) in [7, 11) is -3.62. The molecule has 5 nitrogen and oxygen atoms in total. The van der Waals surface area contributed by atoms with Crippen LogP contribution < -0.4 is 10.0 Å². The van der Waals surface area contributed by atoms with E-state index >= 15 is 0 Å². The van der Waals surface area contributed by atoms with Crippen molar-refractivity contribution in [2.45, 2.75) is 9.79 Å². The predicted molar refractivity (Wildman–Crippen MR) is 114 cm³/mol. The van der Waals surface area contributed by atoms with Crippen molar-refractivity contribution < 1.29 is 13.2 Å². The fourth-order valence-corrected chi connectivity index (χ4v) is 4.22. The molecule has 2 N–H and O–H groups in total. The Morgan fingerprint density at radius 2 is 1.46 bits per heavy atom. The van der Waals surface area contributed by atoms with E-state index in [0.717, 1.165) is 4.90 Å². The lowest BCUT2D eigenvalue weighted by atomic mass is 10.3. The van der Waals surface area contributed by atoms with E-state index in [4.69, 9.17) is 11.6 Å². The Balaban J connectivity index is 1.54. The molecule has 0 aromatic heterocycles. The van der Waals surface area contributed by atoms with Crippen molar-refractivity contribution >= 4 is 50.7 Å². The van der Waals surface area contributed by atoms with Gasteiger partial charge < -0.3 is 5.32 Å². The van der Waals surface area contributed by atoms with Crippen LogP contribution in [-0.4, -0.2) is 20.1 Å². The van der Waals surface area contributed by atoms with Gasteiger partial charge in [0, 0.05) is 21.3 Å². The number of amides is 1. The number of hydrogen-bond acceptors (Lipinski definition) is 4. The summed E-state index contributed by atoms with van der Waals surface area (Å²) in [6.07, 6.45) is 0. The largest absolute Gasteiger partial charge is 0.325 e. The summed E-state index contributed by atoms with van der Waals surface area (Å²) >= 11 is 7.18. The van der Waals surface area contributed by atoms with E-state index in [1.54, 1.807) is 66.7 Å². The van der Waals surface area contributed by atoms with E-state index in [-0.39, 0.29) is 16.6 Å². The molecule has 28 heavy (non-hydrogen) atoms. The fraction of sp³-hybridized carbons (Fsp3) is 0.0500. The molecule has 0 heterocycles. The number of benzene rings is 3. The monoisotopic (exact) mass is 432 g/mol. The highest BCUT2D eigenvalue weighted by atomic mass is 35.5. The number of carbonyl (C=O) groups excluding carboxylic acids is 1. The second kappa shape index (κ2) is 9.14. The Kier molecular flexibility index (Phi) is 6.61. The van der Waals surface area contributed by atoms with Crippen LogP contribution in [0.15, 0.2) is 88.7 Å². The van der Waals surface area contributed by atoms with Crippen molar-refractivity contribution in [3.05, 3.63) is 83.9 Å². The third-order valence-electron chi connectivity index (χ3n) is 3.66. The van der Waals surface area contributed by atoms with Crippen molar-refractivity contribution in [1.29, 1.82) is 0 Å². The third kappa shape index (κ3) is 5.76. The van der Waals surface area contributed by atoms with Crippen molar-refractivity contribution in [3.8, 4) is 0 Å². The first-order valence-corrected chi connectivity index (χ1v) is 11.1. The molecule has 0 saturated carbocycles. The first-order chi connectivity index (χ1) is 13.4. The number of halogens is 1. The van der Waals surface area contributed by atoms with Crippen LogP contribution in [0.2, 0.25) is 5.02 Å². The first kappa shape index (κ1) is 20.3. The zero-order valence-electron chi connectivity index (χ0n) is 14.6. The van der Waals surface area contributed by atoms with Crippen LogP contribution in [0.5, 0.6) is 0 Å². The second-order valence-electron chi connectivity index (χ2n) is 5.79. The van der Waals surface area contributed by atoms with Gasteiger partial charge in [0.15, 0.2) is 0 Å². The zero-order valence-corrected chi connectivity index (χ0v) is 17.0. The summed E-state index contributed by atoms with van der Waals surface area (Å²) in [5.74, 6) is 0.0960. The molecular formula is C20H17ClN2O3S2. The van der Waals surface area contributed by atoms with Gasteiger partial charge in [-0.3, -0.25) is 9.52 Å². The predicted octanol–water partition coefficient (Wildman–Crippen LogP) is 4.87. The molecule has 0 aliphatic rings. The molecule has 3 aromatic carbocycles. The van der Waals surface area contributed by atoms with Crippen molar-refractivity contribution in [2.75, 3.05) is 15.8 Å². The number of thioether (sulfide) groups is 1. The number of sulfonamides is 1. The number of carbonyl (C=O) groups is 1. The van der Waals surface area contributed by atoms with E-state index < -0.39 is 10.0 Å². The second-order valence-corrected chi connectivity index (χ2v) is 8.95. The molecule has 0 spiro atoms. The molecular weight excluding hydrogens is 416 g/mol. The molecule has 0 unspecified atom stereocenters. The molecule has 0 fully saturated rings. The SMILES string of the molecule is O=C(CSc1ccc(NS(=O)(=O)c2ccccc2)cc1)Nc1ccc(Cl)cc1. The molecule has 8 heteroatoms. The van der Waals surface area contributed by atoms with E-state index in [9.17, 15) is 13.2 Å². The lowest BCUT2D eigenvalue weighted by Crippen LogP contribution is -2.14. The smallest absolute Gasteiger partial charge is 0.261 e. The molecule has 0 aliphatic heterocycles. The minimum absolute atomic E-state index is 0.138. The maximum atomic E-state index is 12.3. The highest BCUT2D eigenvalue weighted by Crippen LogP contribution is 2.22. The van der Waals surface area contributed by atoms with Crippen molar-refractivity contribution in [2.24, 2.45) is 0 Å². The zero-order chi connectivity index (χ0) is 20.0. The summed E-state index contributed by atoms with van der Waals surface area (Å²) < 4.78 is 27.2. The van der Waals surface area contributed by atoms with E-state index in [2.05, 4.69) is 10.0 Å². The highest BCUT2D eigenvalue weighted by molar-refractivity contribution is 8.00. The lowest BCUT2D eigenvalue weighted by molar-refractivity contribution is -0.113.